The van der Waals surface area contributed by atoms with Gasteiger partial charge in [0.15, 0.2) is 0 Å². The summed E-state index contributed by atoms with van der Waals surface area (Å²) in [4.78, 5) is 11.7. The Morgan fingerprint density at radius 2 is 2.05 bits per heavy atom. The van der Waals surface area contributed by atoms with Gasteiger partial charge in [0, 0.05) is 12.1 Å². The van der Waals surface area contributed by atoms with Crippen molar-refractivity contribution in [2.24, 2.45) is 0 Å². The summed E-state index contributed by atoms with van der Waals surface area (Å²) in [5, 5.41) is 0. The molecule has 0 amide bonds. The molecule has 0 saturated heterocycles. The molecule has 0 heterocycles. The summed E-state index contributed by atoms with van der Waals surface area (Å²) < 4.78 is 37.2. The van der Waals surface area contributed by atoms with Gasteiger partial charge in [-0.05, 0) is 31.4 Å². The highest BCUT2D eigenvalue weighted by Gasteiger charge is 2.23. The molecule has 0 bridgehead atoms. The van der Waals surface area contributed by atoms with Crippen LogP contribution in [0.15, 0.2) is 35.2 Å². The summed E-state index contributed by atoms with van der Waals surface area (Å²) in [6.45, 7) is 0. The second kappa shape index (κ2) is 6.93. The lowest BCUT2D eigenvalue weighted by molar-refractivity contribution is 0.0597. The number of methoxy groups -OCH3 is 2. The maximum Gasteiger partial charge on any atom is 0.341 e. The van der Waals surface area contributed by atoms with Crippen molar-refractivity contribution in [2.45, 2.75) is 30.2 Å². The zero-order valence-electron chi connectivity index (χ0n) is 12.5. The lowest BCUT2D eigenvalue weighted by Crippen LogP contribution is -2.35. The number of carbonyl (C=O) groups excluding carboxylic acids is 1. The van der Waals surface area contributed by atoms with Crippen molar-refractivity contribution in [3.8, 4) is 5.75 Å². The predicted molar refractivity (Wildman–Crippen MR) is 81.4 cm³/mol. The van der Waals surface area contributed by atoms with Gasteiger partial charge in [0.25, 0.3) is 0 Å². The Bertz CT molecular complexity index is 681. The molecule has 0 aromatic heterocycles. The van der Waals surface area contributed by atoms with Crippen LogP contribution in [-0.4, -0.2) is 34.6 Å². The number of ether oxygens (including phenoxy) is 2. The molecular formula is C15H19NO5S. The molecule has 1 aromatic carbocycles. The first kappa shape index (κ1) is 16.5. The van der Waals surface area contributed by atoms with Crippen molar-refractivity contribution < 1.29 is 22.7 Å². The summed E-state index contributed by atoms with van der Waals surface area (Å²) >= 11 is 0. The summed E-state index contributed by atoms with van der Waals surface area (Å²) in [6.07, 6.45) is 6.32. The van der Waals surface area contributed by atoms with Crippen LogP contribution in [0.4, 0.5) is 0 Å². The molecule has 0 spiro atoms. The van der Waals surface area contributed by atoms with E-state index in [0.717, 1.165) is 12.8 Å². The van der Waals surface area contributed by atoms with Crippen LogP contribution in [0.5, 0.6) is 5.75 Å². The van der Waals surface area contributed by atoms with Gasteiger partial charge in [0.05, 0.1) is 19.1 Å². The van der Waals surface area contributed by atoms with E-state index in [-0.39, 0.29) is 22.3 Å². The second-order valence-corrected chi connectivity index (χ2v) is 6.67. The van der Waals surface area contributed by atoms with Crippen LogP contribution in [0.1, 0.15) is 29.6 Å². The molecule has 1 atom stereocenters. The fourth-order valence-corrected chi connectivity index (χ4v) is 3.60. The zero-order valence-corrected chi connectivity index (χ0v) is 13.4. The van der Waals surface area contributed by atoms with E-state index in [4.69, 9.17) is 4.74 Å². The fourth-order valence-electron chi connectivity index (χ4n) is 2.31. The number of nitrogens with one attached hydrogen (secondary N) is 1. The lowest BCUT2D eigenvalue weighted by Gasteiger charge is -2.19. The topological polar surface area (TPSA) is 81.7 Å². The Balaban J connectivity index is 2.27. The third-order valence-electron chi connectivity index (χ3n) is 3.48. The third kappa shape index (κ3) is 3.66. The average Bonchev–Trinajstić information content (AvgIpc) is 2.54. The molecule has 1 aliphatic rings. The Morgan fingerprint density at radius 3 is 2.64 bits per heavy atom. The lowest BCUT2D eigenvalue weighted by atomic mass is 10.0. The van der Waals surface area contributed by atoms with Crippen LogP contribution in [0.25, 0.3) is 0 Å². The van der Waals surface area contributed by atoms with Crippen molar-refractivity contribution >= 4 is 16.0 Å². The summed E-state index contributed by atoms with van der Waals surface area (Å²) in [5.74, 6) is -0.413. The van der Waals surface area contributed by atoms with E-state index in [1.165, 1.54) is 32.4 Å². The number of hydrogen-bond donors (Lipinski definition) is 1. The highest BCUT2D eigenvalue weighted by Crippen LogP contribution is 2.24. The Hall–Kier alpha value is -1.86. The largest absolute Gasteiger partial charge is 0.496 e. The Morgan fingerprint density at radius 1 is 1.27 bits per heavy atom. The Labute approximate surface area is 130 Å². The SMILES string of the molecule is COC(=O)c1ccc(S(=O)(=O)N[C@@H]2CC=CCC2)cc1OC. The number of hydrogen-bond acceptors (Lipinski definition) is 5. The Kier molecular flexibility index (Phi) is 5.20. The van der Waals surface area contributed by atoms with Crippen molar-refractivity contribution in [2.75, 3.05) is 14.2 Å². The van der Waals surface area contributed by atoms with Gasteiger partial charge in [-0.1, -0.05) is 12.2 Å². The first-order valence-corrected chi connectivity index (χ1v) is 8.40. The van der Waals surface area contributed by atoms with Gasteiger partial charge in [-0.25, -0.2) is 17.9 Å². The molecule has 0 unspecified atom stereocenters. The van der Waals surface area contributed by atoms with Gasteiger partial charge in [-0.15, -0.1) is 0 Å². The molecule has 6 nitrogen and oxygen atoms in total. The van der Waals surface area contributed by atoms with E-state index in [0.29, 0.717) is 6.42 Å². The molecule has 7 heteroatoms. The zero-order chi connectivity index (χ0) is 16.2. The first-order chi connectivity index (χ1) is 10.5. The number of sulfonamides is 1. The number of carbonyl (C=O) groups is 1. The van der Waals surface area contributed by atoms with Crippen molar-refractivity contribution in [3.05, 3.63) is 35.9 Å². The maximum atomic E-state index is 12.4. The highest BCUT2D eigenvalue weighted by molar-refractivity contribution is 7.89. The minimum atomic E-state index is -3.66. The molecule has 0 aliphatic heterocycles. The quantitative estimate of drug-likeness (QED) is 0.660. The number of allylic oxidation sites excluding steroid dienone is 1. The molecule has 1 N–H and O–H groups in total. The van der Waals surface area contributed by atoms with Crippen molar-refractivity contribution in [1.82, 2.24) is 4.72 Å². The highest BCUT2D eigenvalue weighted by atomic mass is 32.2. The van der Waals surface area contributed by atoms with Crippen LogP contribution >= 0.6 is 0 Å². The predicted octanol–water partition coefficient (Wildman–Crippen LogP) is 1.87. The number of esters is 1. The first-order valence-electron chi connectivity index (χ1n) is 6.91. The average molecular weight is 325 g/mol. The van der Waals surface area contributed by atoms with Crippen LogP contribution < -0.4 is 9.46 Å². The number of benzene rings is 1. The van der Waals surface area contributed by atoms with E-state index in [2.05, 4.69) is 9.46 Å². The normalized spacial score (nSPS) is 18.0. The smallest absolute Gasteiger partial charge is 0.341 e. The molecule has 1 aromatic rings. The minimum Gasteiger partial charge on any atom is -0.496 e. The minimum absolute atomic E-state index is 0.0616. The van der Waals surface area contributed by atoms with Gasteiger partial charge in [0.2, 0.25) is 10.0 Å². The van der Waals surface area contributed by atoms with E-state index in [1.807, 2.05) is 12.2 Å². The standard InChI is InChI=1S/C15H19NO5S/c1-20-14-10-12(8-9-13(14)15(17)21-2)22(18,19)16-11-6-4-3-5-7-11/h3-4,8-11,16H,5-7H2,1-2H3/t11-/m1/s1. The van der Waals surface area contributed by atoms with E-state index >= 15 is 0 Å². The van der Waals surface area contributed by atoms with Gasteiger partial charge in [-0.3, -0.25) is 0 Å². The molecule has 0 saturated carbocycles. The van der Waals surface area contributed by atoms with E-state index in [1.54, 1.807) is 0 Å². The summed E-state index contributed by atoms with van der Waals surface area (Å²) in [7, 11) is -1.03. The molecule has 22 heavy (non-hydrogen) atoms. The van der Waals surface area contributed by atoms with Gasteiger partial charge < -0.3 is 9.47 Å². The summed E-state index contributed by atoms with van der Waals surface area (Å²) in [6, 6.07) is 3.98. The number of rotatable bonds is 5. The van der Waals surface area contributed by atoms with Crippen LogP contribution in [0, 0.1) is 0 Å². The van der Waals surface area contributed by atoms with Crippen molar-refractivity contribution in [1.29, 1.82) is 0 Å². The monoisotopic (exact) mass is 325 g/mol. The van der Waals surface area contributed by atoms with Gasteiger partial charge >= 0.3 is 5.97 Å². The molecular weight excluding hydrogens is 306 g/mol. The second-order valence-electron chi connectivity index (χ2n) is 4.96. The molecule has 0 radical (unpaired) electrons. The van der Waals surface area contributed by atoms with Crippen molar-refractivity contribution in [3.63, 3.8) is 0 Å². The van der Waals surface area contributed by atoms with Gasteiger partial charge in [0.1, 0.15) is 11.3 Å². The molecule has 2 rings (SSSR count). The van der Waals surface area contributed by atoms with Crippen LogP contribution in [0.3, 0.4) is 0 Å². The van der Waals surface area contributed by atoms with E-state index < -0.39 is 16.0 Å². The molecule has 1 aliphatic carbocycles. The fraction of sp³-hybridized carbons (Fsp3) is 0.400. The molecule has 0 fully saturated rings. The van der Waals surface area contributed by atoms with Gasteiger partial charge in [-0.2, -0.15) is 0 Å². The summed E-state index contributed by atoms with van der Waals surface area (Å²) in [5.41, 5.74) is 0.185. The van der Waals surface area contributed by atoms with E-state index in [9.17, 15) is 13.2 Å². The van der Waals surface area contributed by atoms with Crippen LogP contribution in [0.2, 0.25) is 0 Å². The third-order valence-corrected chi connectivity index (χ3v) is 5.00. The molecule has 120 valence electrons. The maximum absolute atomic E-state index is 12.4. The van der Waals surface area contributed by atoms with Crippen LogP contribution in [-0.2, 0) is 14.8 Å².